The number of carbonyl (C=O) groups excluding carboxylic acids is 6. The quantitative estimate of drug-likeness (QED) is 0.319. The molecule has 70 heavy (non-hydrogen) atoms. The molecule has 8 rings (SSSR count). The van der Waals surface area contributed by atoms with Crippen molar-refractivity contribution in [1.29, 1.82) is 0 Å². The van der Waals surface area contributed by atoms with Gasteiger partial charge >= 0.3 is 11.9 Å². The third-order valence-corrected chi connectivity index (χ3v) is 17.5. The second-order valence-corrected chi connectivity index (χ2v) is 22.8. The van der Waals surface area contributed by atoms with E-state index in [9.17, 15) is 45.6 Å². The summed E-state index contributed by atoms with van der Waals surface area (Å²) >= 11 is 0. The molecule has 20 heteroatoms. The zero-order valence-electron chi connectivity index (χ0n) is 40.1. The summed E-state index contributed by atoms with van der Waals surface area (Å²) in [5.74, 6) is -2.29. The molecule has 0 aromatic heterocycles. The fraction of sp³-hybridized carbons (Fsp3) is 0.600. The lowest BCUT2D eigenvalue weighted by Gasteiger charge is -2.34. The maximum Gasteiger partial charge on any atom is 0.328 e. The Labute approximate surface area is 411 Å². The zero-order valence-corrected chi connectivity index (χ0v) is 41.8. The van der Waals surface area contributed by atoms with Crippen LogP contribution in [0, 0.1) is 11.8 Å². The first kappa shape index (κ1) is 52.6. The van der Waals surface area contributed by atoms with Gasteiger partial charge in [0.2, 0.25) is 43.7 Å². The van der Waals surface area contributed by atoms with E-state index in [-0.39, 0.29) is 77.6 Å². The Morgan fingerprint density at radius 2 is 1.06 bits per heavy atom. The summed E-state index contributed by atoms with van der Waals surface area (Å²) in [6, 6.07) is 8.64. The van der Waals surface area contributed by atoms with Gasteiger partial charge in [0, 0.05) is 38.0 Å². The number of rotatable bonds is 4. The van der Waals surface area contributed by atoms with Gasteiger partial charge in [-0.05, 0) is 111 Å². The highest BCUT2D eigenvalue weighted by Crippen LogP contribution is 2.32. The Hall–Kier alpha value is -5.18. The minimum atomic E-state index is -3.88. The topological polar surface area (TPSA) is 244 Å². The van der Waals surface area contributed by atoms with Gasteiger partial charge in [-0.2, -0.15) is 0 Å². The fourth-order valence-electron chi connectivity index (χ4n) is 10.9. The molecular formula is C50H68N6O12S2. The minimum Gasteiger partial charge on any atom is -0.467 e. The molecule has 4 aliphatic heterocycles. The number of sulfonamides is 2. The molecule has 4 N–H and O–H groups in total. The van der Waals surface area contributed by atoms with Crippen molar-refractivity contribution >= 4 is 61.7 Å². The molecule has 4 heterocycles. The number of benzene rings is 2. The molecule has 6 aliphatic rings. The van der Waals surface area contributed by atoms with Crippen molar-refractivity contribution in [2.24, 2.45) is 11.8 Å². The smallest absolute Gasteiger partial charge is 0.328 e. The number of ether oxygens (including phenoxy) is 2. The molecule has 4 unspecified atom stereocenters. The highest BCUT2D eigenvalue weighted by molar-refractivity contribution is 7.89. The van der Waals surface area contributed by atoms with E-state index in [0.717, 1.165) is 76.2 Å². The SMILES string of the molecule is COC(=O)C1C[C@@H]2CN1C(=O)C(C1CCCCC1)NC(=O)CCC=Cc1cccc(c1)S(=O)(=O)N2.COC(=O)C1C[C@@H]2CN1C(=O)C(C1CCCCC1)NC(=O)CCCCc1cccc(c1)S(=O)(=O)N2. The highest BCUT2D eigenvalue weighted by Gasteiger charge is 2.47. The Bertz CT molecular complexity index is 2490. The summed E-state index contributed by atoms with van der Waals surface area (Å²) in [6.07, 6.45) is 16.2. The average molecular weight is 1010 g/mol. The summed E-state index contributed by atoms with van der Waals surface area (Å²) in [4.78, 5) is 81.5. The predicted octanol–water partition coefficient (Wildman–Crippen LogP) is 3.88. The van der Waals surface area contributed by atoms with Crippen LogP contribution in [-0.2, 0) is 64.7 Å². The standard InChI is InChI=1S/C25H35N3O6S.C25H33N3O6S/c2*1-34-25(31)21-15-19-16-28(21)24(30)23(18-10-3-2-4-11-18)26-22(29)13-6-5-8-17-9-7-12-20(14-17)35(32,33)27-19/h7,9,12,14,18-19,21,23,27H,2-6,8,10-11,13,15-16H2,1H3,(H,26,29);5,7-9,12,14,18-19,21,23,27H,2-4,6,10-11,13,15-16H2,1H3,(H,26,29)/t2*19-,21?,23?/m11/s1. The van der Waals surface area contributed by atoms with Crippen molar-refractivity contribution in [1.82, 2.24) is 29.9 Å². The van der Waals surface area contributed by atoms with E-state index in [1.54, 1.807) is 36.4 Å². The number of amides is 4. The van der Waals surface area contributed by atoms with E-state index >= 15 is 0 Å². The molecule has 8 bridgehead atoms. The van der Waals surface area contributed by atoms with Gasteiger partial charge in [0.25, 0.3) is 0 Å². The first-order valence-corrected chi connectivity index (χ1v) is 27.8. The van der Waals surface area contributed by atoms with Crippen LogP contribution in [0.15, 0.2) is 64.4 Å². The van der Waals surface area contributed by atoms with Crippen molar-refractivity contribution in [3.05, 3.63) is 65.7 Å². The van der Waals surface area contributed by atoms with Crippen LogP contribution in [-0.4, -0.2) is 126 Å². The summed E-state index contributed by atoms with van der Waals surface area (Å²) in [5.41, 5.74) is 1.59. The number of allylic oxidation sites excluding steroid dienone is 1. The van der Waals surface area contributed by atoms with Crippen LogP contribution in [0.5, 0.6) is 0 Å². The zero-order chi connectivity index (χ0) is 50.0. The molecular weight excluding hydrogens is 941 g/mol. The van der Waals surface area contributed by atoms with Gasteiger partial charge in [-0.25, -0.2) is 35.9 Å². The van der Waals surface area contributed by atoms with Crippen LogP contribution < -0.4 is 20.1 Å². The minimum absolute atomic E-state index is 0.00655. The van der Waals surface area contributed by atoms with Crippen LogP contribution in [0.1, 0.15) is 120 Å². The lowest BCUT2D eigenvalue weighted by Crippen LogP contribution is -2.55. The van der Waals surface area contributed by atoms with Crippen LogP contribution in [0.25, 0.3) is 6.08 Å². The number of fused-ring (bicyclic) bond motifs is 8. The molecule has 6 atom stereocenters. The number of methoxy groups -OCH3 is 2. The third kappa shape index (κ3) is 13.2. The Balaban J connectivity index is 0.000000206. The summed E-state index contributed by atoms with van der Waals surface area (Å²) in [5, 5.41) is 5.93. The highest BCUT2D eigenvalue weighted by atomic mass is 32.2. The number of nitrogens with one attached hydrogen (secondary N) is 4. The number of aryl methyl sites for hydroxylation is 1. The molecule has 2 aromatic carbocycles. The molecule has 0 spiro atoms. The molecule has 2 aliphatic carbocycles. The van der Waals surface area contributed by atoms with E-state index in [1.165, 1.54) is 36.2 Å². The molecule has 4 amide bonds. The monoisotopic (exact) mass is 1010 g/mol. The van der Waals surface area contributed by atoms with E-state index < -0.39 is 68.2 Å². The normalized spacial score (nSPS) is 28.1. The lowest BCUT2D eigenvalue weighted by molar-refractivity contribution is -0.152. The van der Waals surface area contributed by atoms with Gasteiger partial charge in [-0.1, -0.05) is 74.9 Å². The van der Waals surface area contributed by atoms with Crippen molar-refractivity contribution in [2.45, 2.75) is 162 Å². The maximum absolute atomic E-state index is 13.8. The van der Waals surface area contributed by atoms with Crippen LogP contribution in [0.4, 0.5) is 0 Å². The van der Waals surface area contributed by atoms with Gasteiger partial charge < -0.3 is 29.9 Å². The summed E-state index contributed by atoms with van der Waals surface area (Å²) in [6.45, 7) is 0.0626. The lowest BCUT2D eigenvalue weighted by atomic mass is 9.83. The molecule has 2 aromatic rings. The Morgan fingerprint density at radius 3 is 1.57 bits per heavy atom. The molecule has 18 nitrogen and oxygen atoms in total. The number of esters is 2. The van der Waals surface area contributed by atoms with Gasteiger partial charge in [0.05, 0.1) is 24.0 Å². The summed E-state index contributed by atoms with van der Waals surface area (Å²) < 4.78 is 67.8. The van der Waals surface area contributed by atoms with Crippen molar-refractivity contribution in [3.63, 3.8) is 0 Å². The second-order valence-electron chi connectivity index (χ2n) is 19.4. The van der Waals surface area contributed by atoms with Crippen LogP contribution >= 0.6 is 0 Å². The molecule has 0 radical (unpaired) electrons. The van der Waals surface area contributed by atoms with E-state index in [0.29, 0.717) is 31.2 Å². The number of hydrogen-bond donors (Lipinski definition) is 4. The Kier molecular flexibility index (Phi) is 17.9. The fourth-order valence-corrected chi connectivity index (χ4v) is 13.5. The third-order valence-electron chi connectivity index (χ3n) is 14.5. The first-order valence-electron chi connectivity index (χ1n) is 24.8. The van der Waals surface area contributed by atoms with Crippen molar-refractivity contribution < 1.29 is 55.1 Å². The predicted molar refractivity (Wildman–Crippen MR) is 258 cm³/mol. The second kappa shape index (κ2) is 23.8. The molecule has 382 valence electrons. The number of nitrogens with zero attached hydrogens (tertiary/aromatic N) is 2. The number of carbonyl (C=O) groups is 6. The maximum atomic E-state index is 13.8. The van der Waals surface area contributed by atoms with E-state index in [4.69, 9.17) is 9.47 Å². The van der Waals surface area contributed by atoms with Gasteiger partial charge in [-0.3, -0.25) is 19.2 Å². The first-order chi connectivity index (χ1) is 33.6. The van der Waals surface area contributed by atoms with Crippen molar-refractivity contribution in [2.75, 3.05) is 27.3 Å². The molecule has 2 saturated heterocycles. The van der Waals surface area contributed by atoms with E-state index in [2.05, 4.69) is 20.1 Å². The van der Waals surface area contributed by atoms with Gasteiger partial charge in [0.1, 0.15) is 24.2 Å². The average Bonchev–Trinajstić information content (AvgIpc) is 3.98. The molecule has 2 saturated carbocycles. The molecule has 4 fully saturated rings. The van der Waals surface area contributed by atoms with Crippen LogP contribution in [0.3, 0.4) is 0 Å². The van der Waals surface area contributed by atoms with Gasteiger partial charge in [0.15, 0.2) is 0 Å². The largest absolute Gasteiger partial charge is 0.467 e. The van der Waals surface area contributed by atoms with Gasteiger partial charge in [-0.15, -0.1) is 0 Å². The van der Waals surface area contributed by atoms with E-state index in [1.807, 2.05) is 12.1 Å². The Morgan fingerprint density at radius 1 is 0.586 bits per heavy atom. The summed E-state index contributed by atoms with van der Waals surface area (Å²) in [7, 11) is -5.23. The van der Waals surface area contributed by atoms with Crippen LogP contribution in [0.2, 0.25) is 0 Å². The van der Waals surface area contributed by atoms with Crippen molar-refractivity contribution in [3.8, 4) is 0 Å². The number of hydrogen-bond acceptors (Lipinski definition) is 12.